The van der Waals surface area contributed by atoms with E-state index >= 15 is 0 Å². The second-order valence-corrected chi connectivity index (χ2v) is 7.92. The number of carbonyl (C=O) groups excluding carboxylic acids is 2. The van der Waals surface area contributed by atoms with Crippen molar-refractivity contribution in [1.82, 2.24) is 0 Å². The molecule has 0 radical (unpaired) electrons. The number of nitrogens with one attached hydrogen (secondary N) is 2. The molecular formula is C21H16F2N2O5S. The zero-order valence-corrected chi connectivity index (χ0v) is 16.7. The first-order valence-electron chi connectivity index (χ1n) is 8.84. The molecule has 0 aliphatic heterocycles. The fraction of sp³-hybridized carbons (Fsp3) is 0.0476. The summed E-state index contributed by atoms with van der Waals surface area (Å²) in [6.45, 7) is -0.644. The molecule has 160 valence electrons. The molecule has 0 heterocycles. The maximum atomic E-state index is 13.1. The number of hydrogen-bond acceptors (Lipinski definition) is 5. The second kappa shape index (κ2) is 9.35. The van der Waals surface area contributed by atoms with E-state index in [2.05, 4.69) is 10.0 Å². The number of benzene rings is 3. The lowest BCUT2D eigenvalue weighted by Crippen LogP contribution is -2.22. The van der Waals surface area contributed by atoms with Gasteiger partial charge in [0.25, 0.3) is 15.9 Å². The van der Waals surface area contributed by atoms with Gasteiger partial charge in [0.05, 0.1) is 16.1 Å². The molecule has 31 heavy (non-hydrogen) atoms. The lowest BCUT2D eigenvalue weighted by molar-refractivity contribution is -0.119. The van der Waals surface area contributed by atoms with E-state index in [0.717, 1.165) is 36.4 Å². The van der Waals surface area contributed by atoms with Gasteiger partial charge in [0.1, 0.15) is 11.6 Å². The summed E-state index contributed by atoms with van der Waals surface area (Å²) in [7, 11) is -4.10. The minimum atomic E-state index is -4.10. The molecule has 3 aromatic carbocycles. The summed E-state index contributed by atoms with van der Waals surface area (Å²) in [5.41, 5.74) is 0.119. The Morgan fingerprint density at radius 1 is 0.839 bits per heavy atom. The molecule has 0 unspecified atom stereocenters. The van der Waals surface area contributed by atoms with E-state index in [1.807, 2.05) is 0 Å². The zero-order valence-electron chi connectivity index (χ0n) is 15.8. The van der Waals surface area contributed by atoms with E-state index in [4.69, 9.17) is 4.74 Å². The van der Waals surface area contributed by atoms with Crippen molar-refractivity contribution in [1.29, 1.82) is 0 Å². The van der Waals surface area contributed by atoms with Crippen LogP contribution in [0.3, 0.4) is 0 Å². The molecule has 0 aliphatic carbocycles. The summed E-state index contributed by atoms with van der Waals surface area (Å²) in [6.07, 6.45) is 0. The van der Waals surface area contributed by atoms with Crippen molar-refractivity contribution in [3.8, 4) is 0 Å². The van der Waals surface area contributed by atoms with Gasteiger partial charge in [-0.2, -0.15) is 0 Å². The van der Waals surface area contributed by atoms with Crippen LogP contribution in [-0.2, 0) is 19.6 Å². The Morgan fingerprint density at radius 3 is 2.06 bits per heavy atom. The number of sulfonamides is 1. The number of anilines is 2. The molecule has 0 fully saturated rings. The van der Waals surface area contributed by atoms with Crippen molar-refractivity contribution in [2.75, 3.05) is 16.6 Å². The van der Waals surface area contributed by atoms with Crippen molar-refractivity contribution in [2.24, 2.45) is 0 Å². The van der Waals surface area contributed by atoms with E-state index in [-0.39, 0.29) is 16.1 Å². The molecule has 0 aromatic heterocycles. The molecule has 0 spiro atoms. The van der Waals surface area contributed by atoms with Crippen LogP contribution in [0.1, 0.15) is 10.4 Å². The molecule has 1 amide bonds. The predicted octanol–water partition coefficient (Wildman–Crippen LogP) is 3.56. The van der Waals surface area contributed by atoms with Crippen LogP contribution in [0.15, 0.2) is 77.7 Å². The van der Waals surface area contributed by atoms with Gasteiger partial charge in [-0.25, -0.2) is 22.0 Å². The maximum absolute atomic E-state index is 13.1. The molecule has 7 nitrogen and oxygen atoms in total. The first kappa shape index (κ1) is 21.9. The largest absolute Gasteiger partial charge is 0.452 e. The number of ether oxygens (including phenoxy) is 1. The highest BCUT2D eigenvalue weighted by Crippen LogP contribution is 2.21. The van der Waals surface area contributed by atoms with E-state index in [9.17, 15) is 26.8 Å². The van der Waals surface area contributed by atoms with Crippen molar-refractivity contribution < 1.29 is 31.5 Å². The highest BCUT2D eigenvalue weighted by atomic mass is 32.2. The van der Waals surface area contributed by atoms with E-state index in [1.54, 1.807) is 0 Å². The quantitative estimate of drug-likeness (QED) is 0.541. The van der Waals surface area contributed by atoms with Gasteiger partial charge in [-0.3, -0.25) is 9.52 Å². The van der Waals surface area contributed by atoms with Gasteiger partial charge in [-0.15, -0.1) is 0 Å². The molecule has 0 bridgehead atoms. The van der Waals surface area contributed by atoms with Crippen LogP contribution >= 0.6 is 0 Å². The van der Waals surface area contributed by atoms with Crippen LogP contribution in [0.25, 0.3) is 0 Å². The third-order valence-corrected chi connectivity index (χ3v) is 5.36. The van der Waals surface area contributed by atoms with Crippen molar-refractivity contribution in [3.05, 3.63) is 90.0 Å². The Morgan fingerprint density at radius 2 is 1.42 bits per heavy atom. The maximum Gasteiger partial charge on any atom is 0.340 e. The van der Waals surface area contributed by atoms with Crippen molar-refractivity contribution in [3.63, 3.8) is 0 Å². The zero-order chi connectivity index (χ0) is 22.4. The standard InChI is InChI=1S/C21H16F2N2O5S/c22-14-5-9-16(10-6-14)24-20(26)13-30-21(27)18-3-1-2-4-19(18)25-31(28,29)17-11-7-15(23)8-12-17/h1-12,25H,13H2,(H,24,26). The second-order valence-electron chi connectivity index (χ2n) is 6.24. The monoisotopic (exact) mass is 446 g/mol. The third kappa shape index (κ3) is 5.86. The van der Waals surface area contributed by atoms with E-state index < -0.39 is 40.1 Å². The third-order valence-electron chi connectivity index (χ3n) is 3.98. The molecule has 2 N–H and O–H groups in total. The van der Waals surface area contributed by atoms with Gasteiger partial charge < -0.3 is 10.1 Å². The number of rotatable bonds is 7. The highest BCUT2D eigenvalue weighted by Gasteiger charge is 2.20. The average molecular weight is 446 g/mol. The number of carbonyl (C=O) groups is 2. The summed E-state index contributed by atoms with van der Waals surface area (Å²) in [6, 6.07) is 14.8. The SMILES string of the molecule is O=C(COC(=O)c1ccccc1NS(=O)(=O)c1ccc(F)cc1)Nc1ccc(F)cc1. The minimum absolute atomic E-state index is 0.0734. The first-order valence-corrected chi connectivity index (χ1v) is 10.3. The summed E-state index contributed by atoms with van der Waals surface area (Å²) < 4.78 is 58.2. The fourth-order valence-corrected chi connectivity index (χ4v) is 3.59. The van der Waals surface area contributed by atoms with Gasteiger partial charge in [-0.05, 0) is 60.7 Å². The molecule has 0 aliphatic rings. The van der Waals surface area contributed by atoms with Gasteiger partial charge in [0.2, 0.25) is 0 Å². The number of amides is 1. The molecule has 3 rings (SSSR count). The van der Waals surface area contributed by atoms with E-state index in [0.29, 0.717) is 5.69 Å². The van der Waals surface area contributed by atoms with Crippen LogP contribution < -0.4 is 10.0 Å². The van der Waals surface area contributed by atoms with E-state index in [1.165, 1.54) is 36.4 Å². The number of halogens is 2. The number of hydrogen-bond donors (Lipinski definition) is 2. The van der Waals surface area contributed by atoms with Crippen LogP contribution in [-0.4, -0.2) is 26.9 Å². The van der Waals surface area contributed by atoms with Crippen molar-refractivity contribution in [2.45, 2.75) is 4.90 Å². The predicted molar refractivity (Wildman–Crippen MR) is 109 cm³/mol. The molecular weight excluding hydrogens is 430 g/mol. The number of para-hydroxylation sites is 1. The average Bonchev–Trinajstić information content (AvgIpc) is 2.74. The van der Waals surface area contributed by atoms with Gasteiger partial charge in [-0.1, -0.05) is 12.1 Å². The molecule has 0 saturated carbocycles. The first-order chi connectivity index (χ1) is 14.7. The molecule has 0 saturated heterocycles. The Labute approximate surface area is 176 Å². The summed E-state index contributed by atoms with van der Waals surface area (Å²) >= 11 is 0. The Kier molecular flexibility index (Phi) is 6.61. The summed E-state index contributed by atoms with van der Waals surface area (Å²) in [5.74, 6) is -2.66. The minimum Gasteiger partial charge on any atom is -0.452 e. The van der Waals surface area contributed by atoms with Gasteiger partial charge in [0.15, 0.2) is 6.61 Å². The Bertz CT molecular complexity index is 1200. The van der Waals surface area contributed by atoms with Gasteiger partial charge in [0, 0.05) is 5.69 Å². The van der Waals surface area contributed by atoms with Crippen LogP contribution in [0.2, 0.25) is 0 Å². The summed E-state index contributed by atoms with van der Waals surface area (Å²) in [5, 5.41) is 2.43. The molecule has 3 aromatic rings. The van der Waals surface area contributed by atoms with Crippen LogP contribution in [0.5, 0.6) is 0 Å². The van der Waals surface area contributed by atoms with Crippen LogP contribution in [0, 0.1) is 11.6 Å². The smallest absolute Gasteiger partial charge is 0.340 e. The van der Waals surface area contributed by atoms with Gasteiger partial charge >= 0.3 is 5.97 Å². The Balaban J connectivity index is 1.67. The molecule has 10 heteroatoms. The van der Waals surface area contributed by atoms with Crippen molar-refractivity contribution >= 4 is 33.3 Å². The fourth-order valence-electron chi connectivity index (χ4n) is 2.51. The van der Waals surface area contributed by atoms with Crippen LogP contribution in [0.4, 0.5) is 20.2 Å². The lowest BCUT2D eigenvalue weighted by atomic mass is 10.2. The number of esters is 1. The molecule has 0 atom stereocenters. The summed E-state index contributed by atoms with van der Waals surface area (Å²) in [4.78, 5) is 24.1. The topological polar surface area (TPSA) is 102 Å². The Hall–Kier alpha value is -3.79. The normalized spacial score (nSPS) is 10.9. The lowest BCUT2D eigenvalue weighted by Gasteiger charge is -2.12. The highest BCUT2D eigenvalue weighted by molar-refractivity contribution is 7.92.